The van der Waals surface area contributed by atoms with Crippen molar-refractivity contribution >= 4 is 32.8 Å². The Morgan fingerprint density at radius 1 is 1.16 bits per heavy atom. The molecule has 0 fully saturated rings. The van der Waals surface area contributed by atoms with E-state index in [4.69, 9.17) is 0 Å². The lowest BCUT2D eigenvalue weighted by atomic mass is 10.1. The Kier molecular flexibility index (Phi) is 3.78. The fourth-order valence-corrected chi connectivity index (χ4v) is 4.67. The first kappa shape index (κ1) is 15.8. The number of imidazole rings is 1. The van der Waals surface area contributed by atoms with Gasteiger partial charge in [0.1, 0.15) is 4.21 Å². The summed E-state index contributed by atoms with van der Waals surface area (Å²) in [4.78, 5) is 8.79. The fourth-order valence-electron chi connectivity index (χ4n) is 2.63. The number of aryl methyl sites for hydroxylation is 1. The smallest absolute Gasteiger partial charge is 0.271 e. The first-order chi connectivity index (χ1) is 12.0. The Morgan fingerprint density at radius 3 is 2.80 bits per heavy atom. The molecule has 25 heavy (non-hydrogen) atoms. The molecule has 0 saturated carbocycles. The zero-order valence-electron chi connectivity index (χ0n) is 13.2. The van der Waals surface area contributed by atoms with E-state index in [0.29, 0.717) is 11.5 Å². The third-order valence-corrected chi connectivity index (χ3v) is 6.57. The van der Waals surface area contributed by atoms with Gasteiger partial charge in [-0.05, 0) is 36.6 Å². The van der Waals surface area contributed by atoms with E-state index in [1.54, 1.807) is 41.9 Å². The molecule has 0 aliphatic rings. The minimum absolute atomic E-state index is 0.283. The Morgan fingerprint density at radius 2 is 2.04 bits per heavy atom. The number of benzene rings is 1. The first-order valence-electron chi connectivity index (χ1n) is 7.51. The number of hydrogen-bond acceptors (Lipinski definition) is 5. The molecule has 126 valence electrons. The van der Waals surface area contributed by atoms with E-state index in [9.17, 15) is 8.42 Å². The van der Waals surface area contributed by atoms with Crippen molar-refractivity contribution in [1.29, 1.82) is 0 Å². The molecule has 1 N–H and O–H groups in total. The van der Waals surface area contributed by atoms with Gasteiger partial charge in [-0.1, -0.05) is 18.2 Å². The molecule has 0 unspecified atom stereocenters. The zero-order chi connectivity index (χ0) is 17.4. The number of fused-ring (bicyclic) bond motifs is 1. The Hall–Kier alpha value is -2.71. The predicted octanol–water partition coefficient (Wildman–Crippen LogP) is 3.57. The second-order valence-electron chi connectivity index (χ2n) is 5.45. The summed E-state index contributed by atoms with van der Waals surface area (Å²) in [6.07, 6.45) is 3.59. The van der Waals surface area contributed by atoms with Gasteiger partial charge >= 0.3 is 0 Å². The number of anilines is 1. The summed E-state index contributed by atoms with van der Waals surface area (Å²) in [5.41, 5.74) is 3.04. The van der Waals surface area contributed by atoms with Crippen LogP contribution in [-0.2, 0) is 10.0 Å². The molecular formula is C17H14N4O2S2. The summed E-state index contributed by atoms with van der Waals surface area (Å²) in [6.45, 7) is 1.96. The van der Waals surface area contributed by atoms with Crippen LogP contribution in [0.5, 0.6) is 0 Å². The average Bonchev–Trinajstić information content (AvgIpc) is 3.24. The maximum atomic E-state index is 12.4. The Balaban J connectivity index is 1.73. The summed E-state index contributed by atoms with van der Waals surface area (Å²) in [6, 6.07) is 12.3. The highest BCUT2D eigenvalue weighted by Gasteiger charge is 2.16. The van der Waals surface area contributed by atoms with Crippen molar-refractivity contribution in [2.24, 2.45) is 0 Å². The monoisotopic (exact) mass is 370 g/mol. The van der Waals surface area contributed by atoms with Crippen LogP contribution in [0.15, 0.2) is 64.4 Å². The highest BCUT2D eigenvalue weighted by molar-refractivity contribution is 7.94. The fraction of sp³-hybridized carbons (Fsp3) is 0.0588. The van der Waals surface area contributed by atoms with Crippen LogP contribution in [0.1, 0.15) is 5.69 Å². The van der Waals surface area contributed by atoms with Crippen LogP contribution in [0, 0.1) is 6.92 Å². The molecule has 8 heteroatoms. The van der Waals surface area contributed by atoms with Gasteiger partial charge in [-0.15, -0.1) is 11.3 Å². The molecule has 0 aliphatic carbocycles. The SMILES string of the molecule is Cc1c(-c2cccc(NS(=O)(=O)c3cccs3)c2)nc2ncccn12. The van der Waals surface area contributed by atoms with Crippen LogP contribution in [0.25, 0.3) is 17.0 Å². The standard InChI is InChI=1S/C17H14N4O2S2/c1-12-16(19-17-18-8-4-9-21(12)17)13-5-2-6-14(11-13)20-25(22,23)15-7-3-10-24-15/h2-11,20H,1H3. The highest BCUT2D eigenvalue weighted by Crippen LogP contribution is 2.27. The van der Waals surface area contributed by atoms with Crippen molar-refractivity contribution in [2.75, 3.05) is 4.72 Å². The van der Waals surface area contributed by atoms with Gasteiger partial charge in [0.2, 0.25) is 5.78 Å². The minimum Gasteiger partial charge on any atom is -0.288 e. The maximum absolute atomic E-state index is 12.4. The summed E-state index contributed by atoms with van der Waals surface area (Å²) >= 11 is 1.18. The van der Waals surface area contributed by atoms with Gasteiger partial charge in [0, 0.05) is 29.3 Å². The molecule has 0 amide bonds. The van der Waals surface area contributed by atoms with Gasteiger partial charge in [-0.2, -0.15) is 0 Å². The van der Waals surface area contributed by atoms with Crippen molar-refractivity contribution in [3.63, 3.8) is 0 Å². The third-order valence-electron chi connectivity index (χ3n) is 3.79. The van der Waals surface area contributed by atoms with Gasteiger partial charge in [0.25, 0.3) is 10.0 Å². The van der Waals surface area contributed by atoms with E-state index in [1.807, 2.05) is 29.7 Å². The maximum Gasteiger partial charge on any atom is 0.271 e. The number of thiophene rings is 1. The molecule has 0 atom stereocenters. The van der Waals surface area contributed by atoms with Crippen LogP contribution < -0.4 is 4.72 Å². The van der Waals surface area contributed by atoms with E-state index in [0.717, 1.165) is 17.0 Å². The number of hydrogen-bond donors (Lipinski definition) is 1. The third kappa shape index (κ3) is 2.90. The van der Waals surface area contributed by atoms with Gasteiger partial charge in [-0.25, -0.2) is 18.4 Å². The average molecular weight is 370 g/mol. The lowest BCUT2D eigenvalue weighted by molar-refractivity contribution is 0.603. The van der Waals surface area contributed by atoms with Crippen molar-refractivity contribution < 1.29 is 8.42 Å². The van der Waals surface area contributed by atoms with Crippen molar-refractivity contribution in [3.8, 4) is 11.3 Å². The van der Waals surface area contributed by atoms with Crippen LogP contribution in [0.3, 0.4) is 0 Å². The number of aromatic nitrogens is 3. The summed E-state index contributed by atoms with van der Waals surface area (Å²) in [5, 5.41) is 1.73. The van der Waals surface area contributed by atoms with E-state index in [1.165, 1.54) is 11.3 Å². The second kappa shape index (κ2) is 5.98. The molecule has 4 aromatic rings. The molecule has 0 saturated heterocycles. The van der Waals surface area contributed by atoms with E-state index in [-0.39, 0.29) is 4.21 Å². The van der Waals surface area contributed by atoms with Gasteiger partial charge in [0.05, 0.1) is 5.69 Å². The molecule has 6 nitrogen and oxygen atoms in total. The molecule has 4 rings (SSSR count). The predicted molar refractivity (Wildman–Crippen MR) is 98.3 cm³/mol. The molecule has 3 aromatic heterocycles. The van der Waals surface area contributed by atoms with Gasteiger partial charge < -0.3 is 0 Å². The number of sulfonamides is 1. The molecule has 0 radical (unpaired) electrons. The quantitative estimate of drug-likeness (QED) is 0.596. The number of nitrogens with one attached hydrogen (secondary N) is 1. The molecule has 1 aromatic carbocycles. The van der Waals surface area contributed by atoms with E-state index in [2.05, 4.69) is 14.7 Å². The molecule has 3 heterocycles. The van der Waals surface area contributed by atoms with Crippen molar-refractivity contribution in [3.05, 3.63) is 65.9 Å². The van der Waals surface area contributed by atoms with Crippen LogP contribution in [-0.4, -0.2) is 22.8 Å². The summed E-state index contributed by atoms with van der Waals surface area (Å²) in [7, 11) is -3.57. The lowest BCUT2D eigenvalue weighted by Gasteiger charge is -2.08. The molecular weight excluding hydrogens is 356 g/mol. The van der Waals surface area contributed by atoms with Crippen LogP contribution in [0.2, 0.25) is 0 Å². The lowest BCUT2D eigenvalue weighted by Crippen LogP contribution is -2.11. The van der Waals surface area contributed by atoms with Gasteiger partial charge in [-0.3, -0.25) is 9.12 Å². The Bertz CT molecular complexity index is 1150. The second-order valence-corrected chi connectivity index (χ2v) is 8.31. The normalized spacial score (nSPS) is 11.7. The molecule has 0 bridgehead atoms. The topological polar surface area (TPSA) is 76.4 Å². The summed E-state index contributed by atoms with van der Waals surface area (Å²) < 4.78 is 29.6. The molecule has 0 aliphatic heterocycles. The number of rotatable bonds is 4. The highest BCUT2D eigenvalue weighted by atomic mass is 32.2. The van der Waals surface area contributed by atoms with E-state index >= 15 is 0 Å². The number of nitrogens with zero attached hydrogens (tertiary/aromatic N) is 3. The van der Waals surface area contributed by atoms with Crippen LogP contribution in [0.4, 0.5) is 5.69 Å². The van der Waals surface area contributed by atoms with Crippen molar-refractivity contribution in [1.82, 2.24) is 14.4 Å². The zero-order valence-corrected chi connectivity index (χ0v) is 14.9. The summed E-state index contributed by atoms with van der Waals surface area (Å²) in [5.74, 6) is 0.611. The first-order valence-corrected chi connectivity index (χ1v) is 9.87. The minimum atomic E-state index is -3.57. The van der Waals surface area contributed by atoms with Crippen molar-refractivity contribution in [2.45, 2.75) is 11.1 Å². The van der Waals surface area contributed by atoms with Gasteiger partial charge in [0.15, 0.2) is 0 Å². The van der Waals surface area contributed by atoms with E-state index < -0.39 is 10.0 Å². The Labute approximate surface area is 148 Å². The molecule has 0 spiro atoms. The van der Waals surface area contributed by atoms with Crippen LogP contribution >= 0.6 is 11.3 Å². The largest absolute Gasteiger partial charge is 0.288 e.